The minimum atomic E-state index is -0.531. The molecule has 0 radical (unpaired) electrons. The summed E-state index contributed by atoms with van der Waals surface area (Å²) >= 11 is 0. The highest BCUT2D eigenvalue weighted by Crippen LogP contribution is 2.18. The number of ketones is 1. The van der Waals surface area contributed by atoms with Crippen LogP contribution in [0.4, 0.5) is 0 Å². The molecule has 0 saturated heterocycles. The number of rotatable bonds is 17. The number of nitrogens with one attached hydrogen (secondary N) is 2. The quantitative estimate of drug-likeness (QED) is 0.0894. The number of Topliss-reactive ketones (excluding diaryl/α,β-unsaturated/α-hetero) is 1. The molecule has 0 fully saturated rings. The highest BCUT2D eigenvalue weighted by atomic mass is 16.2. The average molecular weight is 500 g/mol. The fourth-order valence-corrected chi connectivity index (χ4v) is 4.51. The molecule has 1 amide bonds. The molecule has 0 aliphatic carbocycles. The van der Waals surface area contributed by atoms with Crippen LogP contribution in [-0.2, 0) is 11.2 Å². The van der Waals surface area contributed by atoms with Crippen LogP contribution < -0.4 is 5.32 Å². The molecule has 5 nitrogen and oxygen atoms in total. The van der Waals surface area contributed by atoms with E-state index < -0.39 is 11.7 Å². The number of carbonyl (C=O) groups excluding carboxylic acids is 2. The predicted octanol–water partition coefficient (Wildman–Crippen LogP) is 7.18. The van der Waals surface area contributed by atoms with Crippen LogP contribution in [0.1, 0.15) is 99.4 Å². The highest BCUT2D eigenvalue weighted by Gasteiger charge is 2.19. The van der Waals surface area contributed by atoms with E-state index >= 15 is 0 Å². The number of amides is 1. The number of unbranched alkanes of at least 4 members (excludes halogenated alkanes) is 11. The van der Waals surface area contributed by atoms with Crippen LogP contribution in [-0.4, -0.2) is 28.2 Å². The maximum absolute atomic E-state index is 12.4. The van der Waals surface area contributed by atoms with E-state index in [1.807, 2.05) is 42.7 Å². The van der Waals surface area contributed by atoms with Gasteiger partial charge in [-0.2, -0.15) is 0 Å². The van der Waals surface area contributed by atoms with Crippen LogP contribution >= 0.6 is 0 Å². The molecular weight excluding hydrogens is 458 g/mol. The molecule has 0 atom stereocenters. The Hall–Kier alpha value is -3.39. The van der Waals surface area contributed by atoms with Crippen molar-refractivity contribution in [1.82, 2.24) is 15.3 Å². The van der Waals surface area contributed by atoms with Gasteiger partial charge in [-0.05, 0) is 49.8 Å². The third-order valence-corrected chi connectivity index (χ3v) is 6.67. The molecule has 0 spiro atoms. The van der Waals surface area contributed by atoms with Gasteiger partial charge in [-0.15, -0.1) is 11.8 Å². The number of aromatic nitrogens is 2. The predicted molar refractivity (Wildman–Crippen MR) is 151 cm³/mol. The number of fused-ring (bicyclic) bond motifs is 1. The molecule has 37 heavy (non-hydrogen) atoms. The maximum Gasteiger partial charge on any atom is 0.292 e. The van der Waals surface area contributed by atoms with Crippen LogP contribution in [0, 0.1) is 11.8 Å². The van der Waals surface area contributed by atoms with E-state index in [-0.39, 0.29) is 0 Å². The molecule has 2 aromatic heterocycles. The summed E-state index contributed by atoms with van der Waals surface area (Å²) in [6.07, 6.45) is 21.7. The molecular formula is C32H41N3O2. The molecule has 0 aliphatic rings. The summed E-state index contributed by atoms with van der Waals surface area (Å²) in [5.74, 6) is 5.61. The summed E-state index contributed by atoms with van der Waals surface area (Å²) in [5.41, 5.74) is 2.64. The number of aryl methyl sites for hydroxylation is 1. The lowest BCUT2D eigenvalue weighted by molar-refractivity contribution is -0.117. The van der Waals surface area contributed by atoms with E-state index in [0.717, 1.165) is 55.8 Å². The normalized spacial score (nSPS) is 10.7. The zero-order valence-corrected chi connectivity index (χ0v) is 22.1. The Morgan fingerprint density at radius 2 is 1.46 bits per heavy atom. The number of benzene rings is 1. The van der Waals surface area contributed by atoms with Crippen LogP contribution in [0.5, 0.6) is 0 Å². The third-order valence-electron chi connectivity index (χ3n) is 6.67. The van der Waals surface area contributed by atoms with E-state index in [1.165, 1.54) is 50.5 Å². The minimum Gasteiger partial charge on any atom is -0.360 e. The first kappa shape index (κ1) is 28.2. The first-order chi connectivity index (χ1) is 18.3. The SMILES string of the molecule is O=C(NCCCCCCC#CCCCCCCCCCc1cccnc1)C(=O)c1c[nH]c2ccccc12. The van der Waals surface area contributed by atoms with Gasteiger partial charge in [-0.3, -0.25) is 14.6 Å². The average Bonchev–Trinajstić information content (AvgIpc) is 3.36. The largest absolute Gasteiger partial charge is 0.360 e. The van der Waals surface area contributed by atoms with Gasteiger partial charge in [0.15, 0.2) is 0 Å². The number of aromatic amines is 1. The van der Waals surface area contributed by atoms with Gasteiger partial charge in [-0.25, -0.2) is 0 Å². The van der Waals surface area contributed by atoms with Crippen molar-refractivity contribution in [2.24, 2.45) is 0 Å². The zero-order valence-electron chi connectivity index (χ0n) is 22.1. The maximum atomic E-state index is 12.4. The Kier molecular flexibility index (Phi) is 13.1. The Labute approximate surface area is 221 Å². The van der Waals surface area contributed by atoms with Crippen molar-refractivity contribution in [2.75, 3.05) is 6.54 Å². The van der Waals surface area contributed by atoms with Gasteiger partial charge in [0.05, 0.1) is 5.56 Å². The topological polar surface area (TPSA) is 74.8 Å². The smallest absolute Gasteiger partial charge is 0.292 e. The second-order valence-corrected chi connectivity index (χ2v) is 9.69. The number of para-hydroxylation sites is 1. The second kappa shape index (κ2) is 17.1. The Morgan fingerprint density at radius 3 is 2.19 bits per heavy atom. The molecule has 0 unspecified atom stereocenters. The molecule has 3 rings (SSSR count). The van der Waals surface area contributed by atoms with Crippen molar-refractivity contribution in [1.29, 1.82) is 0 Å². The highest BCUT2D eigenvalue weighted by molar-refractivity contribution is 6.44. The van der Waals surface area contributed by atoms with Crippen molar-refractivity contribution >= 4 is 22.6 Å². The standard InChI is InChI=1S/C32H41N3O2/c36-31(29-26-35-30-22-16-15-21-28(29)30)32(37)34-24-17-13-11-9-7-5-3-1-2-4-6-8-10-12-14-19-27-20-18-23-33-25-27/h15-16,18,20-23,25-26,35H,1-2,4,6-14,17,19,24H2,(H,34,37). The Bertz CT molecular complexity index is 1140. The Morgan fingerprint density at radius 1 is 0.784 bits per heavy atom. The number of nitrogens with zero attached hydrogens (tertiary/aromatic N) is 1. The van der Waals surface area contributed by atoms with Crippen LogP contribution in [0.2, 0.25) is 0 Å². The van der Waals surface area contributed by atoms with Crippen LogP contribution in [0.15, 0.2) is 55.0 Å². The van der Waals surface area contributed by atoms with Gasteiger partial charge >= 0.3 is 0 Å². The summed E-state index contributed by atoms with van der Waals surface area (Å²) in [4.78, 5) is 31.8. The molecule has 0 aliphatic heterocycles. The van der Waals surface area contributed by atoms with Crippen molar-refractivity contribution in [3.05, 3.63) is 66.1 Å². The molecule has 2 N–H and O–H groups in total. The number of hydrogen-bond acceptors (Lipinski definition) is 3. The summed E-state index contributed by atoms with van der Waals surface area (Å²) in [6.45, 7) is 0.531. The molecule has 0 saturated carbocycles. The van der Waals surface area contributed by atoms with E-state index in [9.17, 15) is 9.59 Å². The second-order valence-electron chi connectivity index (χ2n) is 9.69. The fourth-order valence-electron chi connectivity index (χ4n) is 4.51. The first-order valence-corrected chi connectivity index (χ1v) is 14.0. The molecule has 2 heterocycles. The van der Waals surface area contributed by atoms with E-state index in [4.69, 9.17) is 0 Å². The lowest BCUT2D eigenvalue weighted by atomic mass is 10.0. The van der Waals surface area contributed by atoms with E-state index in [2.05, 4.69) is 33.2 Å². The molecule has 3 aromatic rings. The lowest BCUT2D eigenvalue weighted by Crippen LogP contribution is -2.31. The van der Waals surface area contributed by atoms with Gasteiger partial charge in [0, 0.05) is 48.9 Å². The summed E-state index contributed by atoms with van der Waals surface area (Å²) in [6, 6.07) is 11.7. The summed E-state index contributed by atoms with van der Waals surface area (Å²) in [7, 11) is 0. The Balaban J connectivity index is 1.09. The molecule has 0 bridgehead atoms. The van der Waals surface area contributed by atoms with Crippen LogP contribution in [0.3, 0.4) is 0 Å². The van der Waals surface area contributed by atoms with Gasteiger partial charge in [0.1, 0.15) is 0 Å². The molecule has 196 valence electrons. The van der Waals surface area contributed by atoms with Gasteiger partial charge in [-0.1, -0.05) is 69.2 Å². The number of pyridine rings is 1. The number of carbonyl (C=O) groups is 2. The fraction of sp³-hybridized carbons (Fsp3) is 0.469. The summed E-state index contributed by atoms with van der Waals surface area (Å²) < 4.78 is 0. The van der Waals surface area contributed by atoms with Crippen LogP contribution in [0.25, 0.3) is 10.9 Å². The minimum absolute atomic E-state index is 0.430. The molecule has 5 heteroatoms. The van der Waals surface area contributed by atoms with Gasteiger partial charge < -0.3 is 10.3 Å². The van der Waals surface area contributed by atoms with Crippen molar-refractivity contribution in [3.63, 3.8) is 0 Å². The number of H-pyrrole nitrogens is 1. The molecule has 1 aromatic carbocycles. The monoisotopic (exact) mass is 499 g/mol. The first-order valence-electron chi connectivity index (χ1n) is 14.0. The van der Waals surface area contributed by atoms with Crippen molar-refractivity contribution in [2.45, 2.75) is 89.9 Å². The number of hydrogen-bond donors (Lipinski definition) is 2. The van der Waals surface area contributed by atoms with Crippen molar-refractivity contribution in [3.8, 4) is 11.8 Å². The van der Waals surface area contributed by atoms with E-state index in [0.29, 0.717) is 12.1 Å². The lowest BCUT2D eigenvalue weighted by Gasteiger charge is -2.04. The van der Waals surface area contributed by atoms with Gasteiger partial charge in [0.2, 0.25) is 0 Å². The van der Waals surface area contributed by atoms with E-state index in [1.54, 1.807) is 6.20 Å². The third kappa shape index (κ3) is 10.6. The zero-order chi connectivity index (χ0) is 26.0. The van der Waals surface area contributed by atoms with Gasteiger partial charge in [0.25, 0.3) is 11.7 Å². The van der Waals surface area contributed by atoms with Crippen molar-refractivity contribution < 1.29 is 9.59 Å². The summed E-state index contributed by atoms with van der Waals surface area (Å²) in [5, 5.41) is 3.54.